The molecule has 0 bridgehead atoms. The Balaban J connectivity index is 2.07. The third-order valence-corrected chi connectivity index (χ3v) is 4.91. The average molecular weight is 338 g/mol. The highest BCUT2D eigenvalue weighted by atomic mass is 16.2. The first kappa shape index (κ1) is 19.2. The van der Waals surface area contributed by atoms with E-state index >= 15 is 0 Å². The lowest BCUT2D eigenvalue weighted by Gasteiger charge is -2.25. The number of benzene rings is 2. The van der Waals surface area contributed by atoms with Gasteiger partial charge < -0.3 is 5.32 Å². The number of rotatable bonds is 8. The molecule has 0 aliphatic heterocycles. The SMILES string of the molecule is CCN(CC)Cc1ccccc1CNC(=O)C(C)(C)c1ccccc1. The van der Waals surface area contributed by atoms with Crippen LogP contribution < -0.4 is 5.32 Å². The Labute approximate surface area is 152 Å². The number of amides is 1. The van der Waals surface area contributed by atoms with Crippen molar-refractivity contribution >= 4 is 5.91 Å². The molecule has 3 nitrogen and oxygen atoms in total. The molecule has 25 heavy (non-hydrogen) atoms. The van der Waals surface area contributed by atoms with Crippen molar-refractivity contribution in [3.05, 3.63) is 71.3 Å². The third kappa shape index (κ3) is 4.93. The van der Waals surface area contributed by atoms with Crippen molar-refractivity contribution in [1.29, 1.82) is 0 Å². The minimum Gasteiger partial charge on any atom is -0.351 e. The van der Waals surface area contributed by atoms with Crippen LogP contribution in [0.2, 0.25) is 0 Å². The van der Waals surface area contributed by atoms with Crippen LogP contribution in [0.5, 0.6) is 0 Å². The quantitative estimate of drug-likeness (QED) is 0.785. The molecule has 0 spiro atoms. The second kappa shape index (κ2) is 8.82. The number of hydrogen-bond donors (Lipinski definition) is 1. The van der Waals surface area contributed by atoms with Gasteiger partial charge in [0.15, 0.2) is 0 Å². The summed E-state index contributed by atoms with van der Waals surface area (Å²) in [6.07, 6.45) is 0. The van der Waals surface area contributed by atoms with Crippen molar-refractivity contribution in [2.24, 2.45) is 0 Å². The smallest absolute Gasteiger partial charge is 0.230 e. The molecule has 0 saturated carbocycles. The molecule has 1 amide bonds. The number of nitrogens with one attached hydrogen (secondary N) is 1. The van der Waals surface area contributed by atoms with E-state index in [0.29, 0.717) is 6.54 Å². The maximum atomic E-state index is 12.8. The van der Waals surface area contributed by atoms with E-state index in [4.69, 9.17) is 0 Å². The molecule has 0 aliphatic rings. The van der Waals surface area contributed by atoms with Gasteiger partial charge in [0.25, 0.3) is 0 Å². The fourth-order valence-corrected chi connectivity index (χ4v) is 2.95. The molecule has 2 aromatic rings. The zero-order valence-electron chi connectivity index (χ0n) is 15.9. The summed E-state index contributed by atoms with van der Waals surface area (Å²) in [5, 5.41) is 3.13. The van der Waals surface area contributed by atoms with Crippen LogP contribution in [0.25, 0.3) is 0 Å². The molecular formula is C22H30N2O. The van der Waals surface area contributed by atoms with Gasteiger partial charge in [-0.3, -0.25) is 9.69 Å². The highest BCUT2D eigenvalue weighted by Crippen LogP contribution is 2.23. The Morgan fingerprint density at radius 2 is 1.48 bits per heavy atom. The third-order valence-electron chi connectivity index (χ3n) is 4.91. The first-order valence-electron chi connectivity index (χ1n) is 9.12. The van der Waals surface area contributed by atoms with Crippen molar-refractivity contribution < 1.29 is 4.79 Å². The van der Waals surface area contributed by atoms with Gasteiger partial charge in [-0.2, -0.15) is 0 Å². The molecule has 134 valence electrons. The van der Waals surface area contributed by atoms with E-state index in [2.05, 4.69) is 42.3 Å². The predicted octanol–water partition coefficient (Wildman–Crippen LogP) is 4.12. The molecule has 0 radical (unpaired) electrons. The Kier molecular flexibility index (Phi) is 6.77. The van der Waals surface area contributed by atoms with Crippen LogP contribution in [-0.2, 0) is 23.3 Å². The van der Waals surface area contributed by atoms with Crippen LogP contribution in [0.15, 0.2) is 54.6 Å². The Morgan fingerprint density at radius 1 is 0.920 bits per heavy atom. The predicted molar refractivity (Wildman–Crippen MR) is 104 cm³/mol. The van der Waals surface area contributed by atoms with Crippen molar-refractivity contribution in [1.82, 2.24) is 10.2 Å². The van der Waals surface area contributed by atoms with Crippen molar-refractivity contribution in [2.45, 2.75) is 46.2 Å². The molecule has 0 fully saturated rings. The molecule has 2 aromatic carbocycles. The highest BCUT2D eigenvalue weighted by molar-refractivity contribution is 5.87. The lowest BCUT2D eigenvalue weighted by atomic mass is 9.83. The van der Waals surface area contributed by atoms with E-state index in [-0.39, 0.29) is 5.91 Å². The van der Waals surface area contributed by atoms with Gasteiger partial charge in [-0.15, -0.1) is 0 Å². The van der Waals surface area contributed by atoms with Gasteiger partial charge in [-0.05, 0) is 43.6 Å². The number of carbonyl (C=O) groups excluding carboxylic acids is 1. The second-order valence-corrected chi connectivity index (χ2v) is 6.90. The number of hydrogen-bond acceptors (Lipinski definition) is 2. The van der Waals surface area contributed by atoms with Crippen molar-refractivity contribution in [2.75, 3.05) is 13.1 Å². The normalized spacial score (nSPS) is 11.6. The first-order valence-corrected chi connectivity index (χ1v) is 9.12. The Hall–Kier alpha value is -2.13. The van der Waals surface area contributed by atoms with Gasteiger partial charge in [0.2, 0.25) is 5.91 Å². The van der Waals surface area contributed by atoms with Gasteiger partial charge in [0, 0.05) is 13.1 Å². The summed E-state index contributed by atoms with van der Waals surface area (Å²) in [6.45, 7) is 11.8. The second-order valence-electron chi connectivity index (χ2n) is 6.90. The lowest BCUT2D eigenvalue weighted by Crippen LogP contribution is -2.39. The van der Waals surface area contributed by atoms with Crippen molar-refractivity contribution in [3.63, 3.8) is 0 Å². The monoisotopic (exact) mass is 338 g/mol. The molecule has 2 rings (SSSR count). The minimum atomic E-state index is -0.547. The van der Waals surface area contributed by atoms with Gasteiger partial charge in [-0.25, -0.2) is 0 Å². The summed E-state index contributed by atoms with van der Waals surface area (Å²) in [5.41, 5.74) is 2.95. The van der Waals surface area contributed by atoms with E-state index < -0.39 is 5.41 Å². The fraction of sp³-hybridized carbons (Fsp3) is 0.409. The summed E-state index contributed by atoms with van der Waals surface area (Å²) in [7, 11) is 0. The summed E-state index contributed by atoms with van der Waals surface area (Å²) < 4.78 is 0. The van der Waals surface area contributed by atoms with E-state index in [1.54, 1.807) is 0 Å². The largest absolute Gasteiger partial charge is 0.351 e. The molecular weight excluding hydrogens is 308 g/mol. The van der Waals surface area contributed by atoms with E-state index in [9.17, 15) is 4.79 Å². The molecule has 0 heterocycles. The first-order chi connectivity index (χ1) is 12.0. The van der Waals surface area contributed by atoms with E-state index in [1.165, 1.54) is 11.1 Å². The van der Waals surface area contributed by atoms with E-state index in [1.807, 2.05) is 50.2 Å². The summed E-state index contributed by atoms with van der Waals surface area (Å²) >= 11 is 0. The zero-order valence-corrected chi connectivity index (χ0v) is 15.9. The molecule has 0 aliphatic carbocycles. The molecule has 0 saturated heterocycles. The topological polar surface area (TPSA) is 32.3 Å². The summed E-state index contributed by atoms with van der Waals surface area (Å²) in [6, 6.07) is 18.3. The van der Waals surface area contributed by atoms with Gasteiger partial charge >= 0.3 is 0 Å². The highest BCUT2D eigenvalue weighted by Gasteiger charge is 2.29. The van der Waals surface area contributed by atoms with Crippen LogP contribution in [0.1, 0.15) is 44.4 Å². The number of carbonyl (C=O) groups is 1. The minimum absolute atomic E-state index is 0.0522. The Bertz CT molecular complexity index is 675. The van der Waals surface area contributed by atoms with Crippen LogP contribution in [-0.4, -0.2) is 23.9 Å². The summed E-state index contributed by atoms with van der Waals surface area (Å²) in [4.78, 5) is 15.1. The molecule has 0 unspecified atom stereocenters. The maximum absolute atomic E-state index is 12.8. The summed E-state index contributed by atoms with van der Waals surface area (Å²) in [5.74, 6) is 0.0522. The number of nitrogens with zero attached hydrogens (tertiary/aromatic N) is 1. The van der Waals surface area contributed by atoms with Crippen LogP contribution >= 0.6 is 0 Å². The van der Waals surface area contributed by atoms with Crippen LogP contribution in [0.3, 0.4) is 0 Å². The average Bonchev–Trinajstić information content (AvgIpc) is 2.65. The zero-order chi connectivity index (χ0) is 18.3. The molecule has 1 N–H and O–H groups in total. The van der Waals surface area contributed by atoms with Gasteiger partial charge in [-0.1, -0.05) is 68.4 Å². The standard InChI is InChI=1S/C22H30N2O/c1-5-24(6-2)17-19-13-11-10-12-18(19)16-23-21(25)22(3,4)20-14-8-7-9-15-20/h7-15H,5-6,16-17H2,1-4H3,(H,23,25). The maximum Gasteiger partial charge on any atom is 0.230 e. The van der Waals surface area contributed by atoms with Crippen LogP contribution in [0, 0.1) is 0 Å². The molecule has 3 heteroatoms. The van der Waals surface area contributed by atoms with Gasteiger partial charge in [0.1, 0.15) is 0 Å². The molecule has 0 aromatic heterocycles. The lowest BCUT2D eigenvalue weighted by molar-refractivity contribution is -0.125. The van der Waals surface area contributed by atoms with E-state index in [0.717, 1.165) is 25.2 Å². The molecule has 0 atom stereocenters. The van der Waals surface area contributed by atoms with Crippen molar-refractivity contribution in [3.8, 4) is 0 Å². The van der Waals surface area contributed by atoms with Crippen LogP contribution in [0.4, 0.5) is 0 Å². The van der Waals surface area contributed by atoms with Gasteiger partial charge in [0.05, 0.1) is 5.41 Å². The Morgan fingerprint density at radius 3 is 2.08 bits per heavy atom. The fourth-order valence-electron chi connectivity index (χ4n) is 2.95.